The maximum absolute atomic E-state index is 12.4. The molecule has 0 aromatic carbocycles. The number of aliphatic hydroxyl groups is 1. The third kappa shape index (κ3) is 4.82. The lowest BCUT2D eigenvalue weighted by Gasteiger charge is -2.30. The monoisotopic (exact) mass is 271 g/mol. The Labute approximate surface area is 114 Å². The average molecular weight is 271 g/mol. The number of carbonyl (C=O) groups is 2. The Balaban J connectivity index is 2.59. The molecule has 5 nitrogen and oxygen atoms in total. The molecular formula is C14H25NO4. The van der Waals surface area contributed by atoms with E-state index < -0.39 is 0 Å². The van der Waals surface area contributed by atoms with Gasteiger partial charge in [-0.25, -0.2) is 0 Å². The molecule has 19 heavy (non-hydrogen) atoms. The van der Waals surface area contributed by atoms with Gasteiger partial charge >= 0.3 is 5.97 Å². The molecule has 1 unspecified atom stereocenters. The molecule has 0 bridgehead atoms. The van der Waals surface area contributed by atoms with E-state index in [4.69, 9.17) is 5.11 Å². The smallest absolute Gasteiger partial charge is 0.310 e. The first-order valence-corrected chi connectivity index (χ1v) is 7.07. The van der Waals surface area contributed by atoms with Crippen molar-refractivity contribution in [2.75, 3.05) is 26.8 Å². The van der Waals surface area contributed by atoms with E-state index in [0.29, 0.717) is 6.54 Å². The Kier molecular flexibility index (Phi) is 6.84. The van der Waals surface area contributed by atoms with E-state index in [1.807, 2.05) is 0 Å². The first kappa shape index (κ1) is 16.0. The normalized spacial score (nSPS) is 17.8. The van der Waals surface area contributed by atoms with E-state index in [2.05, 4.69) is 4.74 Å². The third-order valence-electron chi connectivity index (χ3n) is 3.73. The van der Waals surface area contributed by atoms with Gasteiger partial charge in [0, 0.05) is 19.0 Å². The summed E-state index contributed by atoms with van der Waals surface area (Å²) in [5, 5.41) is 9.08. The molecule has 0 radical (unpaired) electrons. The predicted molar refractivity (Wildman–Crippen MR) is 71.4 cm³/mol. The molecule has 0 aromatic rings. The number of hydrogen-bond donors (Lipinski definition) is 1. The van der Waals surface area contributed by atoms with Crippen molar-refractivity contribution < 1.29 is 19.4 Å². The number of esters is 1. The number of amides is 1. The number of aliphatic hydroxyl groups excluding tert-OH is 1. The van der Waals surface area contributed by atoms with Crippen molar-refractivity contribution in [2.45, 2.75) is 39.0 Å². The number of methoxy groups -OCH3 is 1. The fourth-order valence-electron chi connectivity index (χ4n) is 2.63. The number of ether oxygens (including phenoxy) is 1. The largest absolute Gasteiger partial charge is 0.469 e. The second kappa shape index (κ2) is 8.15. The molecule has 1 aliphatic rings. The molecule has 1 fully saturated rings. The van der Waals surface area contributed by atoms with Gasteiger partial charge in [-0.05, 0) is 12.8 Å². The molecule has 0 saturated heterocycles. The molecule has 5 heteroatoms. The molecule has 1 aliphatic carbocycles. The SMILES string of the molecule is COC(=O)C(C)CN(CCO)C(=O)C1CCCCC1. The predicted octanol–water partition coefficient (Wildman–Crippen LogP) is 1.20. The minimum absolute atomic E-state index is 0.0603. The first-order chi connectivity index (χ1) is 9.10. The molecule has 1 saturated carbocycles. The zero-order chi connectivity index (χ0) is 14.3. The summed E-state index contributed by atoms with van der Waals surface area (Å²) in [4.78, 5) is 25.4. The van der Waals surface area contributed by atoms with Crippen molar-refractivity contribution >= 4 is 11.9 Å². The second-order valence-corrected chi connectivity index (χ2v) is 5.27. The Morgan fingerprint density at radius 1 is 1.32 bits per heavy atom. The van der Waals surface area contributed by atoms with Gasteiger partial charge in [0.2, 0.25) is 5.91 Å². The van der Waals surface area contributed by atoms with Crippen LogP contribution in [0, 0.1) is 11.8 Å². The zero-order valence-electron chi connectivity index (χ0n) is 11.9. The Bertz CT molecular complexity index is 300. The number of hydrogen-bond acceptors (Lipinski definition) is 4. The minimum Gasteiger partial charge on any atom is -0.469 e. The lowest BCUT2D eigenvalue weighted by Crippen LogP contribution is -2.42. The van der Waals surface area contributed by atoms with E-state index >= 15 is 0 Å². The van der Waals surface area contributed by atoms with Crippen molar-refractivity contribution in [3.8, 4) is 0 Å². The molecule has 0 heterocycles. The van der Waals surface area contributed by atoms with Gasteiger partial charge in [0.15, 0.2) is 0 Å². The topological polar surface area (TPSA) is 66.8 Å². The van der Waals surface area contributed by atoms with E-state index in [9.17, 15) is 9.59 Å². The van der Waals surface area contributed by atoms with Crippen molar-refractivity contribution in [3.05, 3.63) is 0 Å². The van der Waals surface area contributed by atoms with Crippen LogP contribution in [-0.2, 0) is 14.3 Å². The quantitative estimate of drug-likeness (QED) is 0.737. The molecule has 110 valence electrons. The van der Waals surface area contributed by atoms with Crippen LogP contribution in [0.5, 0.6) is 0 Å². The summed E-state index contributed by atoms with van der Waals surface area (Å²) in [6.45, 7) is 2.27. The third-order valence-corrected chi connectivity index (χ3v) is 3.73. The molecule has 0 aliphatic heterocycles. The van der Waals surface area contributed by atoms with Crippen LogP contribution in [0.25, 0.3) is 0 Å². The molecule has 1 atom stereocenters. The summed E-state index contributed by atoms with van der Waals surface area (Å²) in [6, 6.07) is 0. The molecule has 1 N–H and O–H groups in total. The maximum atomic E-state index is 12.4. The van der Waals surface area contributed by atoms with Crippen molar-refractivity contribution in [1.82, 2.24) is 4.90 Å². The van der Waals surface area contributed by atoms with Crippen LogP contribution in [0.1, 0.15) is 39.0 Å². The highest BCUT2D eigenvalue weighted by molar-refractivity contribution is 5.80. The van der Waals surface area contributed by atoms with Gasteiger partial charge in [-0.15, -0.1) is 0 Å². The van der Waals surface area contributed by atoms with Gasteiger partial charge < -0.3 is 14.7 Å². The minimum atomic E-state index is -0.357. The van der Waals surface area contributed by atoms with E-state index in [0.717, 1.165) is 25.7 Å². The number of nitrogens with zero attached hydrogens (tertiary/aromatic N) is 1. The van der Waals surface area contributed by atoms with Crippen LogP contribution in [-0.4, -0.2) is 48.7 Å². The van der Waals surface area contributed by atoms with Crippen LogP contribution < -0.4 is 0 Å². The maximum Gasteiger partial charge on any atom is 0.310 e. The first-order valence-electron chi connectivity index (χ1n) is 7.07. The van der Waals surface area contributed by atoms with Gasteiger partial charge in [0.05, 0.1) is 19.6 Å². The Morgan fingerprint density at radius 3 is 2.47 bits per heavy atom. The van der Waals surface area contributed by atoms with Crippen LogP contribution >= 0.6 is 0 Å². The lowest BCUT2D eigenvalue weighted by atomic mass is 9.88. The number of rotatable bonds is 6. The van der Waals surface area contributed by atoms with E-state index in [1.54, 1.807) is 11.8 Å². The highest BCUT2D eigenvalue weighted by atomic mass is 16.5. The molecule has 0 aromatic heterocycles. The molecule has 1 amide bonds. The van der Waals surface area contributed by atoms with Gasteiger partial charge in [-0.3, -0.25) is 9.59 Å². The highest BCUT2D eigenvalue weighted by Crippen LogP contribution is 2.25. The molecule has 1 rings (SSSR count). The number of carbonyl (C=O) groups excluding carboxylic acids is 2. The Morgan fingerprint density at radius 2 is 1.95 bits per heavy atom. The summed E-state index contributed by atoms with van der Waals surface area (Å²) in [7, 11) is 1.35. The summed E-state index contributed by atoms with van der Waals surface area (Å²) < 4.78 is 4.68. The standard InChI is InChI=1S/C14H25NO4/c1-11(14(18)19-2)10-15(8-9-16)13(17)12-6-4-3-5-7-12/h11-12,16H,3-10H2,1-2H3. The Hall–Kier alpha value is -1.10. The molecule has 0 spiro atoms. The average Bonchev–Trinajstić information content (AvgIpc) is 2.45. The van der Waals surface area contributed by atoms with Gasteiger partial charge in [-0.1, -0.05) is 26.2 Å². The van der Waals surface area contributed by atoms with Gasteiger partial charge in [0.1, 0.15) is 0 Å². The highest BCUT2D eigenvalue weighted by Gasteiger charge is 2.28. The zero-order valence-corrected chi connectivity index (χ0v) is 11.9. The summed E-state index contributed by atoms with van der Waals surface area (Å²) >= 11 is 0. The van der Waals surface area contributed by atoms with Crippen LogP contribution in [0.15, 0.2) is 0 Å². The van der Waals surface area contributed by atoms with Gasteiger partial charge in [0.25, 0.3) is 0 Å². The van der Waals surface area contributed by atoms with Crippen molar-refractivity contribution in [3.63, 3.8) is 0 Å². The van der Waals surface area contributed by atoms with E-state index in [-0.39, 0.29) is 36.9 Å². The van der Waals surface area contributed by atoms with Crippen LogP contribution in [0.4, 0.5) is 0 Å². The fraction of sp³-hybridized carbons (Fsp3) is 0.857. The summed E-state index contributed by atoms with van der Waals surface area (Å²) in [5.74, 6) is -0.543. The summed E-state index contributed by atoms with van der Waals surface area (Å²) in [5.41, 5.74) is 0. The van der Waals surface area contributed by atoms with Gasteiger partial charge in [-0.2, -0.15) is 0 Å². The molecular weight excluding hydrogens is 246 g/mol. The fourth-order valence-corrected chi connectivity index (χ4v) is 2.63. The second-order valence-electron chi connectivity index (χ2n) is 5.27. The van der Waals surface area contributed by atoms with Crippen molar-refractivity contribution in [1.29, 1.82) is 0 Å². The lowest BCUT2D eigenvalue weighted by molar-refractivity contribution is -0.147. The van der Waals surface area contributed by atoms with Crippen LogP contribution in [0.2, 0.25) is 0 Å². The van der Waals surface area contributed by atoms with Crippen molar-refractivity contribution in [2.24, 2.45) is 11.8 Å². The van der Waals surface area contributed by atoms with E-state index in [1.165, 1.54) is 13.5 Å². The van der Waals surface area contributed by atoms with Crippen LogP contribution in [0.3, 0.4) is 0 Å². The summed E-state index contributed by atoms with van der Waals surface area (Å²) in [6.07, 6.45) is 5.23.